The predicted octanol–water partition coefficient (Wildman–Crippen LogP) is 4.61. The molecular formula is C19H12O2. The zero-order chi connectivity index (χ0) is 14.2. The topological polar surface area (TPSA) is 30.2 Å². The van der Waals surface area contributed by atoms with E-state index < -0.39 is 0 Å². The fourth-order valence-corrected chi connectivity index (χ4v) is 2.72. The molecule has 0 saturated heterocycles. The molecule has 0 N–H and O–H groups in total. The van der Waals surface area contributed by atoms with Gasteiger partial charge in [0, 0.05) is 11.5 Å². The maximum Gasteiger partial charge on any atom is 0.336 e. The summed E-state index contributed by atoms with van der Waals surface area (Å²) in [5.41, 5.74) is 2.60. The molecule has 0 amide bonds. The zero-order valence-electron chi connectivity index (χ0n) is 11.2. The number of hydrogen-bond donors (Lipinski definition) is 0. The third kappa shape index (κ3) is 2.01. The molecule has 0 atom stereocenters. The van der Waals surface area contributed by atoms with Crippen molar-refractivity contribution in [1.82, 2.24) is 0 Å². The van der Waals surface area contributed by atoms with E-state index in [1.54, 1.807) is 6.07 Å². The lowest BCUT2D eigenvalue weighted by Crippen LogP contribution is -1.94. The lowest BCUT2D eigenvalue weighted by atomic mass is 9.97. The van der Waals surface area contributed by atoms with Crippen molar-refractivity contribution in [2.45, 2.75) is 0 Å². The van der Waals surface area contributed by atoms with Crippen molar-refractivity contribution < 1.29 is 4.42 Å². The summed E-state index contributed by atoms with van der Waals surface area (Å²) in [7, 11) is 0. The van der Waals surface area contributed by atoms with Crippen molar-refractivity contribution in [1.29, 1.82) is 0 Å². The molecule has 21 heavy (non-hydrogen) atoms. The maximum atomic E-state index is 11.2. The number of fused-ring (bicyclic) bond motifs is 2. The van der Waals surface area contributed by atoms with Crippen LogP contribution in [0, 0.1) is 0 Å². The first kappa shape index (κ1) is 11.9. The molecule has 0 saturated carbocycles. The van der Waals surface area contributed by atoms with Gasteiger partial charge >= 0.3 is 5.63 Å². The van der Waals surface area contributed by atoms with Crippen LogP contribution in [0.2, 0.25) is 0 Å². The molecule has 3 aromatic carbocycles. The Labute approximate surface area is 121 Å². The first-order valence-corrected chi connectivity index (χ1v) is 6.83. The third-order valence-electron chi connectivity index (χ3n) is 3.72. The van der Waals surface area contributed by atoms with Crippen LogP contribution >= 0.6 is 0 Å². The summed E-state index contributed by atoms with van der Waals surface area (Å²) in [5, 5.41) is 3.37. The SMILES string of the molecule is O=c1ccc2cc(-c3cccc4ccccc34)ccc2o1. The van der Waals surface area contributed by atoms with Crippen LogP contribution in [0.5, 0.6) is 0 Å². The van der Waals surface area contributed by atoms with Crippen molar-refractivity contribution in [3.05, 3.63) is 83.2 Å². The number of hydrogen-bond acceptors (Lipinski definition) is 2. The second-order valence-electron chi connectivity index (χ2n) is 5.03. The summed E-state index contributed by atoms with van der Waals surface area (Å²) in [6.45, 7) is 0. The van der Waals surface area contributed by atoms with Crippen LogP contribution in [0.4, 0.5) is 0 Å². The largest absolute Gasteiger partial charge is 0.423 e. The third-order valence-corrected chi connectivity index (χ3v) is 3.72. The molecule has 4 rings (SSSR count). The average molecular weight is 272 g/mol. The Hall–Kier alpha value is -2.87. The van der Waals surface area contributed by atoms with Crippen LogP contribution in [-0.4, -0.2) is 0 Å². The summed E-state index contributed by atoms with van der Waals surface area (Å²) < 4.78 is 5.18. The molecule has 100 valence electrons. The minimum absolute atomic E-state index is 0.319. The van der Waals surface area contributed by atoms with E-state index in [0.29, 0.717) is 5.58 Å². The van der Waals surface area contributed by atoms with Gasteiger partial charge in [0.2, 0.25) is 0 Å². The van der Waals surface area contributed by atoms with Gasteiger partial charge in [0.1, 0.15) is 5.58 Å². The van der Waals surface area contributed by atoms with Crippen LogP contribution in [0.1, 0.15) is 0 Å². The Kier molecular flexibility index (Phi) is 2.61. The summed E-state index contributed by atoms with van der Waals surface area (Å²) in [6, 6.07) is 23.8. The normalized spacial score (nSPS) is 11.0. The predicted molar refractivity (Wildman–Crippen MR) is 85.4 cm³/mol. The van der Waals surface area contributed by atoms with Crippen molar-refractivity contribution in [3.8, 4) is 11.1 Å². The van der Waals surface area contributed by atoms with Crippen LogP contribution in [-0.2, 0) is 0 Å². The summed E-state index contributed by atoms with van der Waals surface area (Å²) in [5.74, 6) is 0. The Balaban J connectivity index is 2.00. The first-order chi connectivity index (χ1) is 10.3. The molecule has 0 unspecified atom stereocenters. The van der Waals surface area contributed by atoms with Crippen molar-refractivity contribution in [3.63, 3.8) is 0 Å². The standard InChI is InChI=1S/C19H12O2/c20-19-11-9-15-12-14(8-10-18(15)21-19)17-7-3-5-13-4-1-2-6-16(13)17/h1-12H. The van der Waals surface area contributed by atoms with E-state index in [0.717, 1.165) is 10.9 Å². The van der Waals surface area contributed by atoms with Crippen molar-refractivity contribution >= 4 is 21.7 Å². The van der Waals surface area contributed by atoms with E-state index in [-0.39, 0.29) is 5.63 Å². The summed E-state index contributed by atoms with van der Waals surface area (Å²) in [4.78, 5) is 11.2. The van der Waals surface area contributed by atoms with Gasteiger partial charge in [-0.3, -0.25) is 0 Å². The molecular weight excluding hydrogens is 260 g/mol. The quantitative estimate of drug-likeness (QED) is 0.473. The highest BCUT2D eigenvalue weighted by molar-refractivity contribution is 5.98. The molecule has 0 aliphatic rings. The van der Waals surface area contributed by atoms with Crippen molar-refractivity contribution in [2.75, 3.05) is 0 Å². The van der Waals surface area contributed by atoms with Gasteiger partial charge < -0.3 is 4.42 Å². The summed E-state index contributed by atoms with van der Waals surface area (Å²) >= 11 is 0. The highest BCUT2D eigenvalue weighted by Gasteiger charge is 2.05. The van der Waals surface area contributed by atoms with E-state index in [9.17, 15) is 4.79 Å². The molecule has 2 nitrogen and oxygen atoms in total. The van der Waals surface area contributed by atoms with Gasteiger partial charge in [-0.25, -0.2) is 4.79 Å². The Bertz CT molecular complexity index is 1010. The molecule has 1 heterocycles. The van der Waals surface area contributed by atoms with Crippen LogP contribution in [0.15, 0.2) is 82.0 Å². The summed E-state index contributed by atoms with van der Waals surface area (Å²) in [6.07, 6.45) is 0. The molecule has 2 heteroatoms. The highest BCUT2D eigenvalue weighted by Crippen LogP contribution is 2.30. The lowest BCUT2D eigenvalue weighted by Gasteiger charge is -2.07. The van der Waals surface area contributed by atoms with E-state index in [2.05, 4.69) is 36.4 Å². The molecule has 0 fully saturated rings. The Morgan fingerprint density at radius 3 is 2.52 bits per heavy atom. The number of benzene rings is 3. The average Bonchev–Trinajstić information content (AvgIpc) is 2.54. The van der Waals surface area contributed by atoms with Crippen LogP contribution in [0.25, 0.3) is 32.9 Å². The van der Waals surface area contributed by atoms with Crippen molar-refractivity contribution in [2.24, 2.45) is 0 Å². The Morgan fingerprint density at radius 1 is 0.714 bits per heavy atom. The monoisotopic (exact) mass is 272 g/mol. The maximum absolute atomic E-state index is 11.2. The molecule has 0 spiro atoms. The molecule has 0 aliphatic carbocycles. The molecule has 0 aliphatic heterocycles. The van der Waals surface area contributed by atoms with Gasteiger partial charge in [-0.2, -0.15) is 0 Å². The zero-order valence-corrected chi connectivity index (χ0v) is 11.2. The minimum Gasteiger partial charge on any atom is -0.423 e. The van der Waals surface area contributed by atoms with Crippen LogP contribution < -0.4 is 5.63 Å². The molecule has 1 aromatic heterocycles. The smallest absolute Gasteiger partial charge is 0.336 e. The first-order valence-electron chi connectivity index (χ1n) is 6.83. The molecule has 4 aromatic rings. The van der Waals surface area contributed by atoms with Gasteiger partial charge in [0.05, 0.1) is 0 Å². The van der Waals surface area contributed by atoms with E-state index in [1.807, 2.05) is 24.3 Å². The number of rotatable bonds is 1. The highest BCUT2D eigenvalue weighted by atomic mass is 16.4. The fourth-order valence-electron chi connectivity index (χ4n) is 2.72. The molecule has 0 bridgehead atoms. The van der Waals surface area contributed by atoms with E-state index in [4.69, 9.17) is 4.42 Å². The van der Waals surface area contributed by atoms with Gasteiger partial charge in [0.25, 0.3) is 0 Å². The van der Waals surface area contributed by atoms with E-state index >= 15 is 0 Å². The molecule has 0 radical (unpaired) electrons. The van der Waals surface area contributed by atoms with Crippen LogP contribution in [0.3, 0.4) is 0 Å². The van der Waals surface area contributed by atoms with Gasteiger partial charge in [-0.05, 0) is 40.1 Å². The van der Waals surface area contributed by atoms with Gasteiger partial charge in [0.15, 0.2) is 0 Å². The second kappa shape index (κ2) is 4.60. The fraction of sp³-hybridized carbons (Fsp3) is 0. The Morgan fingerprint density at radius 2 is 1.57 bits per heavy atom. The van der Waals surface area contributed by atoms with Gasteiger partial charge in [-0.1, -0.05) is 48.5 Å². The second-order valence-corrected chi connectivity index (χ2v) is 5.03. The van der Waals surface area contributed by atoms with Gasteiger partial charge in [-0.15, -0.1) is 0 Å². The minimum atomic E-state index is -0.319. The van der Waals surface area contributed by atoms with E-state index in [1.165, 1.54) is 22.4 Å². The lowest BCUT2D eigenvalue weighted by molar-refractivity contribution is 0.561.